The molecule has 0 saturated carbocycles. The maximum atomic E-state index is 13.8. The van der Waals surface area contributed by atoms with E-state index in [0.717, 1.165) is 17.5 Å². The van der Waals surface area contributed by atoms with Crippen LogP contribution in [0.25, 0.3) is 0 Å². The summed E-state index contributed by atoms with van der Waals surface area (Å²) in [6.07, 6.45) is 2.25. The fourth-order valence-electron chi connectivity index (χ4n) is 5.95. The minimum atomic E-state index is -1.07. The maximum absolute atomic E-state index is 13.8. The Balaban J connectivity index is 1.38. The van der Waals surface area contributed by atoms with Crippen LogP contribution in [0.4, 0.5) is 0 Å². The Kier molecular flexibility index (Phi) is 12.3. The van der Waals surface area contributed by atoms with Crippen molar-refractivity contribution in [2.75, 3.05) is 26.2 Å². The molecule has 14 nitrogen and oxygen atoms in total. The highest BCUT2D eigenvalue weighted by Crippen LogP contribution is 2.14. The van der Waals surface area contributed by atoms with Gasteiger partial charge in [0.1, 0.15) is 18.1 Å². The van der Waals surface area contributed by atoms with Crippen LogP contribution >= 0.6 is 0 Å². The monoisotopic (exact) mass is 685 g/mol. The first kappa shape index (κ1) is 35.8. The fourth-order valence-corrected chi connectivity index (χ4v) is 5.95. The summed E-state index contributed by atoms with van der Waals surface area (Å²) in [5, 5.41) is 14.9. The standard InChI is InChI=1S/C36H43N7O7/c1-24-33(46)39-29(21-26-12-6-3-7-13-26)35(48)40-28(20-25-10-4-2-5-11-25)34(47)37-16-19-43(23-27-22-30(41-50-27)36(49)38-24)32(45)15-9-18-42-17-8-14-31(42)44/h2-7,10-13,22,24,28-29H,8-9,14-21,23H2,1H3,(H,37,47)(H,38,49)(H,39,46)(H,40,48)/t24-,28+,29-/m0/s1. The predicted molar refractivity (Wildman–Crippen MR) is 181 cm³/mol. The van der Waals surface area contributed by atoms with Gasteiger partial charge in [-0.2, -0.15) is 0 Å². The summed E-state index contributed by atoms with van der Waals surface area (Å²) in [6.45, 7) is 2.76. The number of hydrogen-bond acceptors (Lipinski definition) is 8. The summed E-state index contributed by atoms with van der Waals surface area (Å²) < 4.78 is 5.40. The van der Waals surface area contributed by atoms with Gasteiger partial charge >= 0.3 is 0 Å². The van der Waals surface area contributed by atoms with E-state index in [9.17, 15) is 28.8 Å². The number of aromatic nitrogens is 1. The van der Waals surface area contributed by atoms with Crippen LogP contribution in [0.15, 0.2) is 71.3 Å². The largest absolute Gasteiger partial charge is 0.359 e. The third kappa shape index (κ3) is 10.00. The van der Waals surface area contributed by atoms with Crippen molar-refractivity contribution in [1.82, 2.24) is 36.2 Å². The second-order valence-corrected chi connectivity index (χ2v) is 12.6. The van der Waals surface area contributed by atoms with Crippen LogP contribution in [-0.4, -0.2) is 94.7 Å². The summed E-state index contributed by atoms with van der Waals surface area (Å²) in [5.74, 6) is -2.24. The summed E-state index contributed by atoms with van der Waals surface area (Å²) in [7, 11) is 0. The average Bonchev–Trinajstić information content (AvgIpc) is 3.76. The molecule has 2 aliphatic rings. The molecule has 4 N–H and O–H groups in total. The topological polar surface area (TPSA) is 183 Å². The Morgan fingerprint density at radius 1 is 0.840 bits per heavy atom. The smallest absolute Gasteiger partial charge is 0.274 e. The molecule has 2 aliphatic heterocycles. The Hall–Kier alpha value is -5.53. The number of fused-ring (bicyclic) bond motifs is 2. The van der Waals surface area contributed by atoms with Crippen molar-refractivity contribution < 1.29 is 33.3 Å². The number of carbonyl (C=O) groups is 6. The number of rotatable bonds is 8. The Bertz CT molecular complexity index is 1660. The number of nitrogens with one attached hydrogen (secondary N) is 4. The SMILES string of the molecule is C[C@@H]1NC(=O)c2cc(on2)CN(C(=O)CCCN2CCCC2=O)CCNC(=O)[C@@H](Cc2ccccc2)NC(=O)[C@H](Cc2ccccc2)NC1=O. The van der Waals surface area contributed by atoms with Gasteiger partial charge < -0.3 is 35.6 Å². The van der Waals surface area contributed by atoms with Crippen molar-refractivity contribution in [3.8, 4) is 0 Å². The highest BCUT2D eigenvalue weighted by Gasteiger charge is 2.30. The molecule has 1 fully saturated rings. The number of carbonyl (C=O) groups excluding carboxylic acids is 6. The second-order valence-electron chi connectivity index (χ2n) is 12.6. The van der Waals surface area contributed by atoms with E-state index in [0.29, 0.717) is 25.9 Å². The number of benzene rings is 2. The van der Waals surface area contributed by atoms with Crippen molar-refractivity contribution in [1.29, 1.82) is 0 Å². The zero-order valence-electron chi connectivity index (χ0n) is 28.1. The van der Waals surface area contributed by atoms with Crippen LogP contribution in [0.3, 0.4) is 0 Å². The molecule has 3 heterocycles. The molecular weight excluding hydrogens is 642 g/mol. The third-order valence-electron chi connectivity index (χ3n) is 8.73. The van der Waals surface area contributed by atoms with E-state index in [1.807, 2.05) is 60.7 Å². The third-order valence-corrected chi connectivity index (χ3v) is 8.73. The second kappa shape index (κ2) is 17.2. The van der Waals surface area contributed by atoms with Gasteiger partial charge in [0.05, 0.1) is 6.54 Å². The molecule has 3 atom stereocenters. The van der Waals surface area contributed by atoms with Crippen molar-refractivity contribution in [2.45, 2.75) is 70.1 Å². The van der Waals surface area contributed by atoms with Gasteiger partial charge in [-0.05, 0) is 30.9 Å². The molecule has 50 heavy (non-hydrogen) atoms. The van der Waals surface area contributed by atoms with Gasteiger partial charge in [0.25, 0.3) is 5.91 Å². The van der Waals surface area contributed by atoms with Gasteiger partial charge in [-0.1, -0.05) is 65.8 Å². The highest BCUT2D eigenvalue weighted by atomic mass is 16.5. The van der Waals surface area contributed by atoms with Crippen LogP contribution in [0.5, 0.6) is 0 Å². The minimum Gasteiger partial charge on any atom is -0.359 e. The van der Waals surface area contributed by atoms with E-state index in [-0.39, 0.29) is 62.2 Å². The molecule has 264 valence electrons. The zero-order valence-corrected chi connectivity index (χ0v) is 28.1. The maximum Gasteiger partial charge on any atom is 0.274 e. The number of hydrogen-bond donors (Lipinski definition) is 4. The lowest BCUT2D eigenvalue weighted by Gasteiger charge is -2.26. The molecule has 3 aromatic rings. The fraction of sp³-hybridized carbons (Fsp3) is 0.417. The molecule has 2 aromatic carbocycles. The predicted octanol–water partition coefficient (Wildman–Crippen LogP) is 1.11. The van der Waals surface area contributed by atoms with Gasteiger partial charge in [-0.15, -0.1) is 0 Å². The lowest BCUT2D eigenvalue weighted by molar-refractivity contribution is -0.134. The van der Waals surface area contributed by atoms with E-state index in [2.05, 4.69) is 26.4 Å². The number of likely N-dealkylation sites (tertiary alicyclic amines) is 1. The summed E-state index contributed by atoms with van der Waals surface area (Å²) in [4.78, 5) is 82.5. The summed E-state index contributed by atoms with van der Waals surface area (Å²) >= 11 is 0. The molecule has 14 heteroatoms. The van der Waals surface area contributed by atoms with Gasteiger partial charge in [0.2, 0.25) is 29.5 Å². The van der Waals surface area contributed by atoms with Crippen LogP contribution in [0.1, 0.15) is 60.0 Å². The first-order valence-corrected chi connectivity index (χ1v) is 16.9. The van der Waals surface area contributed by atoms with Crippen molar-refractivity contribution in [3.63, 3.8) is 0 Å². The van der Waals surface area contributed by atoms with Gasteiger partial charge in [-0.25, -0.2) is 0 Å². The molecule has 0 aliphatic carbocycles. The van der Waals surface area contributed by atoms with Crippen LogP contribution in [-0.2, 0) is 43.4 Å². The Labute approximate surface area is 290 Å². The lowest BCUT2D eigenvalue weighted by Crippen LogP contribution is -2.57. The molecule has 0 spiro atoms. The Morgan fingerprint density at radius 3 is 2.12 bits per heavy atom. The van der Waals surface area contributed by atoms with E-state index < -0.39 is 41.8 Å². The molecule has 5 rings (SSSR count). The molecule has 2 bridgehead atoms. The number of amides is 6. The van der Waals surface area contributed by atoms with Crippen LogP contribution < -0.4 is 21.3 Å². The number of nitrogens with zero attached hydrogens (tertiary/aromatic N) is 3. The van der Waals surface area contributed by atoms with Gasteiger partial charge in [0.15, 0.2) is 11.5 Å². The first-order chi connectivity index (χ1) is 24.2. The highest BCUT2D eigenvalue weighted by molar-refractivity contribution is 5.97. The zero-order chi connectivity index (χ0) is 35.5. The van der Waals surface area contributed by atoms with Gasteiger partial charge in [0, 0.05) is 57.9 Å². The van der Waals surface area contributed by atoms with Crippen LogP contribution in [0.2, 0.25) is 0 Å². The Morgan fingerprint density at radius 2 is 1.48 bits per heavy atom. The van der Waals surface area contributed by atoms with E-state index in [4.69, 9.17) is 4.52 Å². The van der Waals surface area contributed by atoms with E-state index >= 15 is 0 Å². The summed E-state index contributed by atoms with van der Waals surface area (Å²) in [6, 6.07) is 16.6. The van der Waals surface area contributed by atoms with Crippen molar-refractivity contribution in [3.05, 3.63) is 89.3 Å². The van der Waals surface area contributed by atoms with Crippen LogP contribution in [0, 0.1) is 0 Å². The minimum absolute atomic E-state index is 0.0288. The molecular formula is C36H43N7O7. The summed E-state index contributed by atoms with van der Waals surface area (Å²) in [5.41, 5.74) is 1.50. The van der Waals surface area contributed by atoms with Gasteiger partial charge in [-0.3, -0.25) is 28.8 Å². The van der Waals surface area contributed by atoms with Crippen molar-refractivity contribution in [2.24, 2.45) is 0 Å². The normalized spacial score (nSPS) is 21.1. The molecule has 0 radical (unpaired) electrons. The average molecular weight is 686 g/mol. The molecule has 0 unspecified atom stereocenters. The molecule has 1 aromatic heterocycles. The van der Waals surface area contributed by atoms with Crippen molar-refractivity contribution >= 4 is 35.4 Å². The van der Waals surface area contributed by atoms with E-state index in [1.54, 1.807) is 4.90 Å². The first-order valence-electron chi connectivity index (χ1n) is 16.9. The van der Waals surface area contributed by atoms with E-state index in [1.165, 1.54) is 17.9 Å². The molecule has 1 saturated heterocycles. The quantitative estimate of drug-likeness (QED) is 0.272. The lowest BCUT2D eigenvalue weighted by atomic mass is 10.0. The molecule has 6 amide bonds.